The molecule has 3 nitrogen and oxygen atoms in total. The first-order valence-electron chi connectivity index (χ1n) is 6.03. The van der Waals surface area contributed by atoms with Gasteiger partial charge in [0.05, 0.1) is 10.0 Å². The van der Waals surface area contributed by atoms with Gasteiger partial charge in [0, 0.05) is 38.9 Å². The molecule has 0 aliphatic rings. The smallest absolute Gasteiger partial charge is 0.196 e. The molecule has 1 heterocycles. The van der Waals surface area contributed by atoms with Gasteiger partial charge in [-0.3, -0.25) is 4.79 Å². The Hall–Kier alpha value is -1.68. The van der Waals surface area contributed by atoms with Gasteiger partial charge in [-0.25, -0.2) is 0 Å². The molecule has 0 saturated carbocycles. The van der Waals surface area contributed by atoms with Crippen molar-refractivity contribution in [3.8, 4) is 0 Å². The minimum atomic E-state index is -0.226. The van der Waals surface area contributed by atoms with Gasteiger partial charge in [-0.2, -0.15) is 0 Å². The maximum absolute atomic E-state index is 12.7. The topological polar surface area (TPSA) is 58.9 Å². The van der Waals surface area contributed by atoms with Crippen molar-refractivity contribution in [1.82, 2.24) is 4.98 Å². The lowest BCUT2D eigenvalue weighted by Gasteiger charge is -2.05. The van der Waals surface area contributed by atoms with Crippen LogP contribution in [0.2, 0.25) is 15.1 Å². The second-order valence-corrected chi connectivity index (χ2v) is 5.83. The Balaban J connectivity index is 2.18. The summed E-state index contributed by atoms with van der Waals surface area (Å²) in [6.07, 6.45) is 1.60. The van der Waals surface area contributed by atoms with Crippen LogP contribution in [0.4, 0.5) is 5.69 Å². The number of ketones is 1. The molecule has 106 valence electrons. The summed E-state index contributed by atoms with van der Waals surface area (Å²) in [4.78, 5) is 15.6. The fraction of sp³-hybridized carbons (Fsp3) is 0. The lowest BCUT2D eigenvalue weighted by Crippen LogP contribution is -2.02. The zero-order chi connectivity index (χ0) is 15.1. The van der Waals surface area contributed by atoms with Gasteiger partial charge >= 0.3 is 0 Å². The van der Waals surface area contributed by atoms with Crippen molar-refractivity contribution in [2.75, 3.05) is 5.73 Å². The number of aromatic amines is 1. The summed E-state index contributed by atoms with van der Waals surface area (Å²) in [6.45, 7) is 0. The quantitative estimate of drug-likeness (QED) is 0.513. The fourth-order valence-electron chi connectivity index (χ4n) is 2.22. The predicted octanol–water partition coefficient (Wildman–Crippen LogP) is 4.94. The Morgan fingerprint density at radius 2 is 1.76 bits per heavy atom. The summed E-state index contributed by atoms with van der Waals surface area (Å²) in [5.74, 6) is -0.226. The van der Waals surface area contributed by atoms with Crippen LogP contribution in [-0.2, 0) is 0 Å². The van der Waals surface area contributed by atoms with Crippen LogP contribution in [0, 0.1) is 0 Å². The number of halogens is 3. The van der Waals surface area contributed by atoms with Crippen LogP contribution < -0.4 is 5.73 Å². The molecule has 0 bridgehead atoms. The number of carbonyl (C=O) groups excluding carboxylic acids is 1. The predicted molar refractivity (Wildman–Crippen MR) is 87.6 cm³/mol. The van der Waals surface area contributed by atoms with Crippen LogP contribution in [0.5, 0.6) is 0 Å². The van der Waals surface area contributed by atoms with Crippen molar-refractivity contribution in [2.24, 2.45) is 0 Å². The van der Waals surface area contributed by atoms with Gasteiger partial charge in [0.15, 0.2) is 5.78 Å². The molecule has 0 spiro atoms. The maximum Gasteiger partial charge on any atom is 0.196 e. The van der Waals surface area contributed by atoms with Crippen LogP contribution >= 0.6 is 34.8 Å². The molecule has 0 saturated heterocycles. The highest BCUT2D eigenvalue weighted by molar-refractivity contribution is 6.41. The van der Waals surface area contributed by atoms with Crippen LogP contribution in [0.1, 0.15) is 15.9 Å². The molecule has 3 rings (SSSR count). The number of H-pyrrole nitrogens is 1. The average Bonchev–Trinajstić information content (AvgIpc) is 2.81. The number of hydrogen-bond acceptors (Lipinski definition) is 2. The Kier molecular flexibility index (Phi) is 3.57. The standard InChI is InChI=1S/C15H9Cl3N2O/c16-7-3-12(18)14-10(6-20-13(14)4-7)15(21)9-2-1-8(19)5-11(9)17/h1-6,20H,19H2. The second-order valence-electron chi connectivity index (χ2n) is 4.58. The van der Waals surface area contributed by atoms with Gasteiger partial charge in [-0.1, -0.05) is 34.8 Å². The zero-order valence-corrected chi connectivity index (χ0v) is 12.9. The number of nitrogens with one attached hydrogen (secondary N) is 1. The number of nitrogens with two attached hydrogens (primary N) is 1. The fourth-order valence-corrected chi connectivity index (χ4v) is 3.09. The lowest BCUT2D eigenvalue weighted by atomic mass is 10.0. The van der Waals surface area contributed by atoms with Crippen LogP contribution in [0.25, 0.3) is 10.9 Å². The van der Waals surface area contributed by atoms with E-state index in [-0.39, 0.29) is 5.78 Å². The number of benzene rings is 2. The first kappa shape index (κ1) is 14.3. The zero-order valence-electron chi connectivity index (χ0n) is 10.6. The molecule has 0 aliphatic heterocycles. The molecule has 0 amide bonds. The number of carbonyl (C=O) groups is 1. The molecule has 0 fully saturated rings. The monoisotopic (exact) mass is 338 g/mol. The van der Waals surface area contributed by atoms with Crippen LogP contribution in [0.3, 0.4) is 0 Å². The lowest BCUT2D eigenvalue weighted by molar-refractivity contribution is 0.104. The molecule has 3 N–H and O–H groups in total. The maximum atomic E-state index is 12.7. The molecule has 3 aromatic rings. The molecular weight excluding hydrogens is 331 g/mol. The van der Waals surface area contributed by atoms with Crippen LogP contribution in [0.15, 0.2) is 36.5 Å². The van der Waals surface area contributed by atoms with Gasteiger partial charge < -0.3 is 10.7 Å². The average molecular weight is 340 g/mol. The minimum absolute atomic E-state index is 0.226. The van der Waals surface area contributed by atoms with E-state index in [0.29, 0.717) is 42.8 Å². The summed E-state index contributed by atoms with van der Waals surface area (Å²) in [6, 6.07) is 8.09. The summed E-state index contributed by atoms with van der Waals surface area (Å²) in [5.41, 5.74) is 7.65. The van der Waals surface area contributed by atoms with E-state index in [1.807, 2.05) is 0 Å². The number of rotatable bonds is 2. The Morgan fingerprint density at radius 3 is 2.48 bits per heavy atom. The van der Waals surface area contributed by atoms with Gasteiger partial charge in [-0.15, -0.1) is 0 Å². The van der Waals surface area contributed by atoms with Crippen molar-refractivity contribution in [3.63, 3.8) is 0 Å². The second kappa shape index (κ2) is 5.26. The number of aromatic nitrogens is 1. The first-order valence-corrected chi connectivity index (χ1v) is 7.16. The third-order valence-electron chi connectivity index (χ3n) is 3.18. The van der Waals surface area contributed by atoms with Crippen molar-refractivity contribution in [3.05, 3.63) is 62.7 Å². The largest absolute Gasteiger partial charge is 0.399 e. The third-order valence-corrected chi connectivity index (χ3v) is 4.01. The number of anilines is 1. The highest BCUT2D eigenvalue weighted by Gasteiger charge is 2.19. The van der Waals surface area contributed by atoms with Crippen LogP contribution in [-0.4, -0.2) is 10.8 Å². The molecule has 0 atom stereocenters. The van der Waals surface area contributed by atoms with Crippen molar-refractivity contribution in [1.29, 1.82) is 0 Å². The minimum Gasteiger partial charge on any atom is -0.399 e. The van der Waals surface area contributed by atoms with Crippen molar-refractivity contribution >= 4 is 57.2 Å². The van der Waals surface area contributed by atoms with Gasteiger partial charge in [-0.05, 0) is 30.3 Å². The highest BCUT2D eigenvalue weighted by atomic mass is 35.5. The third kappa shape index (κ3) is 2.48. The van der Waals surface area contributed by atoms with E-state index in [4.69, 9.17) is 40.5 Å². The molecular formula is C15H9Cl3N2O. The Bertz CT molecular complexity index is 871. The van der Waals surface area contributed by atoms with E-state index in [1.54, 1.807) is 36.5 Å². The molecule has 6 heteroatoms. The van der Waals surface area contributed by atoms with E-state index >= 15 is 0 Å². The molecule has 21 heavy (non-hydrogen) atoms. The first-order chi connectivity index (χ1) is 9.97. The highest BCUT2D eigenvalue weighted by Crippen LogP contribution is 2.32. The molecule has 1 aromatic heterocycles. The molecule has 2 aromatic carbocycles. The van der Waals surface area contributed by atoms with E-state index in [2.05, 4.69) is 4.98 Å². The summed E-state index contributed by atoms with van der Waals surface area (Å²) >= 11 is 18.2. The molecule has 0 aliphatic carbocycles. The Labute approximate surface area is 135 Å². The van der Waals surface area contributed by atoms with E-state index < -0.39 is 0 Å². The van der Waals surface area contributed by atoms with E-state index in [0.717, 1.165) is 0 Å². The summed E-state index contributed by atoms with van der Waals surface area (Å²) in [5, 5.41) is 1.84. The molecule has 0 unspecified atom stereocenters. The van der Waals surface area contributed by atoms with Gasteiger partial charge in [0.1, 0.15) is 0 Å². The SMILES string of the molecule is Nc1ccc(C(=O)c2c[nH]c3cc(Cl)cc(Cl)c23)c(Cl)c1. The Morgan fingerprint density at radius 1 is 1.00 bits per heavy atom. The number of nitrogen functional groups attached to an aromatic ring is 1. The van der Waals surface area contributed by atoms with Gasteiger partial charge in [0.2, 0.25) is 0 Å². The normalized spacial score (nSPS) is 11.0. The summed E-state index contributed by atoms with van der Waals surface area (Å²) < 4.78 is 0. The van der Waals surface area contributed by atoms with E-state index in [9.17, 15) is 4.79 Å². The molecule has 0 radical (unpaired) electrons. The number of fused-ring (bicyclic) bond motifs is 1. The van der Waals surface area contributed by atoms with Crippen molar-refractivity contribution in [2.45, 2.75) is 0 Å². The number of hydrogen-bond donors (Lipinski definition) is 2. The van der Waals surface area contributed by atoms with Crippen molar-refractivity contribution < 1.29 is 4.79 Å². The van der Waals surface area contributed by atoms with E-state index in [1.165, 1.54) is 0 Å². The summed E-state index contributed by atoms with van der Waals surface area (Å²) in [7, 11) is 0. The van der Waals surface area contributed by atoms with Gasteiger partial charge in [0.25, 0.3) is 0 Å².